The highest BCUT2D eigenvalue weighted by Crippen LogP contribution is 2.15. The Bertz CT molecular complexity index is 1320. The van der Waals surface area contributed by atoms with Crippen LogP contribution < -0.4 is 16.4 Å². The van der Waals surface area contributed by atoms with Gasteiger partial charge in [0.15, 0.2) is 5.84 Å². The lowest BCUT2D eigenvalue weighted by atomic mass is 10.1. The van der Waals surface area contributed by atoms with Crippen LogP contribution in [0.25, 0.3) is 16.8 Å². The van der Waals surface area contributed by atoms with Gasteiger partial charge >= 0.3 is 6.03 Å². The van der Waals surface area contributed by atoms with Gasteiger partial charge in [-0.25, -0.2) is 4.79 Å². The molecular formula is C19H11ClN4O4. The Morgan fingerprint density at radius 3 is 2.32 bits per heavy atom. The van der Waals surface area contributed by atoms with Gasteiger partial charge in [0.05, 0.1) is 16.3 Å². The molecule has 0 bridgehead atoms. The van der Waals surface area contributed by atoms with Gasteiger partial charge in [0.25, 0.3) is 17.0 Å². The molecule has 1 aromatic heterocycles. The fourth-order valence-electron chi connectivity index (χ4n) is 2.83. The molecule has 2 heterocycles. The number of halogens is 1. The number of amides is 3. The van der Waals surface area contributed by atoms with Crippen molar-refractivity contribution in [2.24, 2.45) is 4.99 Å². The van der Waals surface area contributed by atoms with E-state index in [9.17, 15) is 19.2 Å². The van der Waals surface area contributed by atoms with Gasteiger partial charge in [-0.2, -0.15) is 9.67 Å². The van der Waals surface area contributed by atoms with E-state index in [0.717, 1.165) is 4.68 Å². The number of nitrogens with zero attached hydrogens (tertiary/aromatic N) is 2. The average molecular weight is 395 g/mol. The minimum Gasteiger partial charge on any atom is -0.272 e. The van der Waals surface area contributed by atoms with E-state index in [-0.39, 0.29) is 22.2 Å². The van der Waals surface area contributed by atoms with Crippen molar-refractivity contribution in [3.8, 4) is 0 Å². The van der Waals surface area contributed by atoms with Gasteiger partial charge in [-0.15, -0.1) is 0 Å². The van der Waals surface area contributed by atoms with Crippen molar-refractivity contribution in [1.82, 2.24) is 15.1 Å². The molecule has 2 aromatic carbocycles. The molecule has 3 amide bonds. The Hall–Kier alpha value is -3.78. The standard InChI is InChI=1S/C19H11ClN4O4/c20-11-7-5-10(6-8-11)9-14-15(21-19(28)22-16(14)25)24-18(27)13-4-2-1-3-12(13)17(26)23-24/h1-9H,(H,23,26)(H,22,25,28)/b14-9-. The number of aromatic amines is 1. The molecule has 8 nitrogen and oxygen atoms in total. The normalized spacial score (nSPS) is 15.6. The zero-order valence-electron chi connectivity index (χ0n) is 14.1. The minimum atomic E-state index is -0.936. The topological polar surface area (TPSA) is 113 Å². The van der Waals surface area contributed by atoms with E-state index in [2.05, 4.69) is 15.4 Å². The van der Waals surface area contributed by atoms with E-state index in [1.807, 2.05) is 0 Å². The SMILES string of the molecule is O=C1N=C(n2[nH]c(=O)c3ccccc3c2=O)/C(=C/c2ccc(Cl)cc2)C(=O)N1. The van der Waals surface area contributed by atoms with Crippen LogP contribution in [-0.4, -0.2) is 27.6 Å². The first kappa shape index (κ1) is 17.6. The number of aliphatic imine (C=N–C) groups is 1. The summed E-state index contributed by atoms with van der Waals surface area (Å²) in [6.07, 6.45) is 1.44. The van der Waals surface area contributed by atoms with Crippen LogP contribution in [0.15, 0.2) is 68.7 Å². The Balaban J connectivity index is 1.97. The van der Waals surface area contributed by atoms with Gasteiger partial charge in [-0.3, -0.25) is 24.8 Å². The number of urea groups is 1. The second-order valence-electron chi connectivity index (χ2n) is 5.93. The summed E-state index contributed by atoms with van der Waals surface area (Å²) in [6, 6.07) is 11.9. The van der Waals surface area contributed by atoms with E-state index in [0.29, 0.717) is 10.6 Å². The summed E-state index contributed by atoms with van der Waals surface area (Å²) in [6.45, 7) is 0. The van der Waals surface area contributed by atoms with Crippen LogP contribution in [0.4, 0.5) is 4.79 Å². The zero-order chi connectivity index (χ0) is 19.8. The molecule has 2 N–H and O–H groups in total. The summed E-state index contributed by atoms with van der Waals surface area (Å²) in [5.41, 5.74) is -0.636. The zero-order valence-corrected chi connectivity index (χ0v) is 14.9. The van der Waals surface area contributed by atoms with E-state index in [1.165, 1.54) is 18.2 Å². The number of benzene rings is 2. The number of hydrogen-bond acceptors (Lipinski definition) is 4. The molecule has 1 aliphatic rings. The first-order valence-corrected chi connectivity index (χ1v) is 8.48. The minimum absolute atomic E-state index is 0.0602. The van der Waals surface area contributed by atoms with E-state index in [4.69, 9.17) is 11.6 Å². The van der Waals surface area contributed by atoms with E-state index >= 15 is 0 Å². The number of carbonyl (C=O) groups excluding carboxylic acids is 2. The first-order chi connectivity index (χ1) is 13.4. The maximum absolute atomic E-state index is 12.9. The number of fused-ring (bicyclic) bond motifs is 1. The van der Waals surface area contributed by atoms with Gasteiger partial charge in [0.2, 0.25) is 0 Å². The third kappa shape index (κ3) is 3.06. The Morgan fingerprint density at radius 1 is 0.929 bits per heavy atom. The lowest BCUT2D eigenvalue weighted by molar-refractivity contribution is -0.116. The van der Waals surface area contributed by atoms with Crippen LogP contribution in [0.5, 0.6) is 0 Å². The highest BCUT2D eigenvalue weighted by Gasteiger charge is 2.27. The maximum Gasteiger partial charge on any atom is 0.349 e. The van der Waals surface area contributed by atoms with Crippen LogP contribution in [0.1, 0.15) is 5.56 Å². The first-order valence-electron chi connectivity index (χ1n) is 8.10. The van der Waals surface area contributed by atoms with Crippen LogP contribution in [0, 0.1) is 0 Å². The van der Waals surface area contributed by atoms with Crippen molar-refractivity contribution < 1.29 is 9.59 Å². The number of carbonyl (C=O) groups is 2. The molecule has 0 atom stereocenters. The number of hydrogen-bond donors (Lipinski definition) is 2. The third-order valence-electron chi connectivity index (χ3n) is 4.12. The lowest BCUT2D eigenvalue weighted by Gasteiger charge is -2.16. The fraction of sp³-hybridized carbons (Fsp3) is 0. The van der Waals surface area contributed by atoms with Crippen LogP contribution in [0.2, 0.25) is 5.02 Å². The second kappa shape index (κ2) is 6.75. The summed E-state index contributed by atoms with van der Waals surface area (Å²) in [5.74, 6) is -1.01. The molecule has 0 radical (unpaired) electrons. The number of rotatable bonds is 1. The molecule has 1 aliphatic heterocycles. The Kier molecular flexibility index (Phi) is 4.25. The molecule has 9 heteroatoms. The highest BCUT2D eigenvalue weighted by molar-refractivity contribution is 6.32. The molecule has 0 fully saturated rings. The van der Waals surface area contributed by atoms with Crippen molar-refractivity contribution in [3.63, 3.8) is 0 Å². The number of imide groups is 1. The molecule has 0 saturated heterocycles. The van der Waals surface area contributed by atoms with Crippen molar-refractivity contribution in [2.75, 3.05) is 0 Å². The van der Waals surface area contributed by atoms with E-state index < -0.39 is 23.1 Å². The Labute approximate surface area is 161 Å². The smallest absolute Gasteiger partial charge is 0.272 e. The molecule has 0 unspecified atom stereocenters. The number of aromatic nitrogens is 2. The Morgan fingerprint density at radius 2 is 1.61 bits per heavy atom. The molecule has 4 rings (SSSR count). The summed E-state index contributed by atoms with van der Waals surface area (Å²) < 4.78 is 0.809. The van der Waals surface area contributed by atoms with Crippen molar-refractivity contribution in [3.05, 3.63) is 85.4 Å². The third-order valence-corrected chi connectivity index (χ3v) is 4.38. The highest BCUT2D eigenvalue weighted by atomic mass is 35.5. The van der Waals surface area contributed by atoms with Crippen LogP contribution in [0.3, 0.4) is 0 Å². The molecule has 0 saturated carbocycles. The fourth-order valence-corrected chi connectivity index (χ4v) is 2.95. The predicted octanol–water partition coefficient (Wildman–Crippen LogP) is 1.92. The lowest BCUT2D eigenvalue weighted by Crippen LogP contribution is -2.44. The summed E-state index contributed by atoms with van der Waals surface area (Å²) in [7, 11) is 0. The molecule has 0 aliphatic carbocycles. The quantitative estimate of drug-likeness (QED) is 0.614. The van der Waals surface area contributed by atoms with Crippen molar-refractivity contribution in [2.45, 2.75) is 0 Å². The van der Waals surface area contributed by atoms with Crippen molar-refractivity contribution in [1.29, 1.82) is 0 Å². The van der Waals surface area contributed by atoms with Gasteiger partial charge < -0.3 is 0 Å². The summed E-state index contributed by atoms with van der Waals surface area (Å²) >= 11 is 5.87. The van der Waals surface area contributed by atoms with E-state index in [1.54, 1.807) is 36.4 Å². The molecular weight excluding hydrogens is 384 g/mol. The number of H-pyrrole nitrogens is 1. The van der Waals surface area contributed by atoms with Crippen LogP contribution in [-0.2, 0) is 4.79 Å². The molecule has 0 spiro atoms. The monoisotopic (exact) mass is 394 g/mol. The average Bonchev–Trinajstić information content (AvgIpc) is 2.68. The largest absolute Gasteiger partial charge is 0.349 e. The van der Waals surface area contributed by atoms with Gasteiger partial charge in [-0.05, 0) is 35.9 Å². The van der Waals surface area contributed by atoms with Crippen LogP contribution >= 0.6 is 11.6 Å². The summed E-state index contributed by atoms with van der Waals surface area (Å²) in [4.78, 5) is 53.2. The number of nitrogens with one attached hydrogen (secondary N) is 2. The van der Waals surface area contributed by atoms with Gasteiger partial charge in [-0.1, -0.05) is 35.9 Å². The predicted molar refractivity (Wildman–Crippen MR) is 105 cm³/mol. The van der Waals surface area contributed by atoms with Gasteiger partial charge in [0.1, 0.15) is 0 Å². The molecule has 3 aromatic rings. The maximum atomic E-state index is 12.9. The second-order valence-corrected chi connectivity index (χ2v) is 6.37. The van der Waals surface area contributed by atoms with Gasteiger partial charge in [0, 0.05) is 5.02 Å². The molecule has 28 heavy (non-hydrogen) atoms. The summed E-state index contributed by atoms with van der Waals surface area (Å²) in [5, 5.41) is 5.28. The molecule has 138 valence electrons. The van der Waals surface area contributed by atoms with Crippen molar-refractivity contribution >= 4 is 46.2 Å².